The van der Waals surface area contributed by atoms with Crippen LogP contribution >= 0.6 is 0 Å². The minimum Gasteiger partial charge on any atom is -0.493 e. The molecule has 0 saturated carbocycles. The van der Waals surface area contributed by atoms with Crippen molar-refractivity contribution >= 4 is 5.91 Å². The van der Waals surface area contributed by atoms with Gasteiger partial charge in [0.2, 0.25) is 0 Å². The highest BCUT2D eigenvalue weighted by atomic mass is 16.5. The Labute approximate surface area is 178 Å². The van der Waals surface area contributed by atoms with Gasteiger partial charge in [0.05, 0.1) is 14.2 Å². The summed E-state index contributed by atoms with van der Waals surface area (Å²) in [7, 11) is 3.21. The second kappa shape index (κ2) is 10.5. The Morgan fingerprint density at radius 1 is 0.867 bits per heavy atom. The number of hydrogen-bond acceptors (Lipinski definition) is 3. The van der Waals surface area contributed by atoms with Gasteiger partial charge in [-0.05, 0) is 24.6 Å². The van der Waals surface area contributed by atoms with Gasteiger partial charge in [-0.1, -0.05) is 66.7 Å². The van der Waals surface area contributed by atoms with Crippen molar-refractivity contribution in [2.24, 2.45) is 0 Å². The Morgan fingerprint density at radius 2 is 1.43 bits per heavy atom. The van der Waals surface area contributed by atoms with Gasteiger partial charge < -0.3 is 20.1 Å². The molecule has 0 aromatic heterocycles. The van der Waals surface area contributed by atoms with Gasteiger partial charge in [-0.3, -0.25) is 4.79 Å². The first kappa shape index (κ1) is 21.4. The van der Waals surface area contributed by atoms with Gasteiger partial charge in [-0.25, -0.2) is 0 Å². The quantitative estimate of drug-likeness (QED) is 0.575. The van der Waals surface area contributed by atoms with Crippen molar-refractivity contribution in [1.29, 1.82) is 0 Å². The summed E-state index contributed by atoms with van der Waals surface area (Å²) in [6, 6.07) is 26.0. The summed E-state index contributed by atoms with van der Waals surface area (Å²) in [5, 5.41) is 5.14. The predicted molar refractivity (Wildman–Crippen MR) is 118 cm³/mol. The molecule has 0 saturated heterocycles. The lowest BCUT2D eigenvalue weighted by molar-refractivity contribution is -0.704. The van der Waals surface area contributed by atoms with E-state index >= 15 is 0 Å². The molecule has 1 amide bonds. The van der Waals surface area contributed by atoms with E-state index < -0.39 is 0 Å². The third-order valence-corrected chi connectivity index (χ3v) is 5.13. The number of rotatable bonds is 9. The molecule has 30 heavy (non-hydrogen) atoms. The fourth-order valence-electron chi connectivity index (χ4n) is 3.45. The number of benzene rings is 3. The van der Waals surface area contributed by atoms with Crippen molar-refractivity contribution in [3.05, 3.63) is 95.6 Å². The van der Waals surface area contributed by atoms with E-state index in [0.29, 0.717) is 18.0 Å². The van der Waals surface area contributed by atoms with Gasteiger partial charge in [0.15, 0.2) is 17.5 Å². The third kappa shape index (κ3) is 5.39. The van der Waals surface area contributed by atoms with Crippen molar-refractivity contribution in [1.82, 2.24) is 5.32 Å². The molecule has 0 fully saturated rings. The van der Waals surface area contributed by atoms with Crippen LogP contribution in [0.3, 0.4) is 0 Å². The Morgan fingerprint density at radius 3 is 1.97 bits per heavy atom. The van der Waals surface area contributed by atoms with Gasteiger partial charge in [0.25, 0.3) is 5.91 Å². The maximum Gasteiger partial charge on any atom is 0.278 e. The number of hydrogen-bond donors (Lipinski definition) is 2. The van der Waals surface area contributed by atoms with E-state index in [1.807, 2.05) is 61.5 Å². The lowest BCUT2D eigenvalue weighted by Gasteiger charge is -2.21. The van der Waals surface area contributed by atoms with Crippen LogP contribution in [0.2, 0.25) is 0 Å². The van der Waals surface area contributed by atoms with Crippen LogP contribution < -0.4 is 20.1 Å². The highest BCUT2D eigenvalue weighted by Gasteiger charge is 2.24. The molecule has 156 valence electrons. The van der Waals surface area contributed by atoms with Crippen LogP contribution in [0.5, 0.6) is 11.5 Å². The molecule has 5 heteroatoms. The predicted octanol–water partition coefficient (Wildman–Crippen LogP) is 3.06. The Balaban J connectivity index is 1.67. The number of ether oxygens (including phenoxy) is 2. The summed E-state index contributed by atoms with van der Waals surface area (Å²) >= 11 is 0. The number of carbonyl (C=O) groups excluding carboxylic acids is 1. The second-order valence-electron chi connectivity index (χ2n) is 7.19. The lowest BCUT2D eigenvalue weighted by atomic mass is 9.98. The summed E-state index contributed by atoms with van der Waals surface area (Å²) in [4.78, 5) is 12.8. The van der Waals surface area contributed by atoms with Crippen LogP contribution in [-0.2, 0) is 11.3 Å². The van der Waals surface area contributed by atoms with Crippen molar-refractivity contribution < 1.29 is 19.6 Å². The van der Waals surface area contributed by atoms with Crippen LogP contribution in [0.4, 0.5) is 0 Å². The van der Waals surface area contributed by atoms with Crippen molar-refractivity contribution in [2.75, 3.05) is 14.2 Å². The van der Waals surface area contributed by atoms with Crippen LogP contribution in [0.15, 0.2) is 78.9 Å². The van der Waals surface area contributed by atoms with Crippen molar-refractivity contribution in [3.63, 3.8) is 0 Å². The van der Waals surface area contributed by atoms with E-state index in [-0.39, 0.29) is 18.0 Å². The number of quaternary nitrogens is 1. The first-order chi connectivity index (χ1) is 14.6. The largest absolute Gasteiger partial charge is 0.493 e. The van der Waals surface area contributed by atoms with Gasteiger partial charge in [-0.15, -0.1) is 0 Å². The highest BCUT2D eigenvalue weighted by molar-refractivity contribution is 5.79. The number of nitrogens with two attached hydrogens (primary N) is 1. The first-order valence-corrected chi connectivity index (χ1v) is 10.1. The second-order valence-corrected chi connectivity index (χ2v) is 7.19. The molecule has 0 aliphatic carbocycles. The number of methoxy groups -OCH3 is 2. The zero-order valence-corrected chi connectivity index (χ0v) is 17.7. The standard InChI is InChI=1S/C25H28N2O3/c1-18(25(28)26-17-19-14-15-22(29-2)23(16-19)30-3)27-24(20-10-6-4-7-11-20)21-12-8-5-9-13-21/h4-16,18,24,27H,17H2,1-3H3,(H,26,28)/p+1/t18-/m1/s1. The molecular formula is C25H29N2O3+. The maximum atomic E-state index is 12.8. The lowest BCUT2D eigenvalue weighted by Crippen LogP contribution is -2.92. The molecule has 3 aromatic rings. The van der Waals surface area contributed by atoms with Gasteiger partial charge >= 0.3 is 0 Å². The normalized spacial score (nSPS) is 11.7. The fourth-order valence-corrected chi connectivity index (χ4v) is 3.45. The zero-order chi connectivity index (χ0) is 21.3. The molecule has 0 spiro atoms. The number of amides is 1. The fraction of sp³-hybridized carbons (Fsp3) is 0.240. The Hall–Kier alpha value is -3.31. The van der Waals surface area contributed by atoms with E-state index in [9.17, 15) is 4.79 Å². The summed E-state index contributed by atoms with van der Waals surface area (Å²) in [5.41, 5.74) is 3.29. The molecule has 3 rings (SSSR count). The molecule has 0 aliphatic rings. The van der Waals surface area contributed by atoms with Crippen molar-refractivity contribution in [3.8, 4) is 11.5 Å². The number of carbonyl (C=O) groups is 1. The third-order valence-electron chi connectivity index (χ3n) is 5.13. The van der Waals surface area contributed by atoms with Crippen molar-refractivity contribution in [2.45, 2.75) is 25.6 Å². The summed E-state index contributed by atoms with van der Waals surface area (Å²) in [5.74, 6) is 1.31. The molecule has 1 atom stereocenters. The van der Waals surface area contributed by atoms with Crippen LogP contribution in [0.1, 0.15) is 29.7 Å². The molecule has 3 aromatic carbocycles. The minimum atomic E-state index is -0.254. The monoisotopic (exact) mass is 405 g/mol. The average molecular weight is 406 g/mol. The van der Waals surface area contributed by atoms with Gasteiger partial charge in [0, 0.05) is 17.7 Å². The van der Waals surface area contributed by atoms with Crippen LogP contribution in [0, 0.1) is 0 Å². The summed E-state index contributed by atoms with van der Waals surface area (Å²) in [6.07, 6.45) is 0. The summed E-state index contributed by atoms with van der Waals surface area (Å²) in [6.45, 7) is 2.36. The topological polar surface area (TPSA) is 64.2 Å². The van der Waals surface area contributed by atoms with Crippen LogP contribution in [0.25, 0.3) is 0 Å². The molecule has 0 bridgehead atoms. The van der Waals surface area contributed by atoms with Gasteiger partial charge in [-0.2, -0.15) is 0 Å². The van der Waals surface area contributed by atoms with E-state index in [0.717, 1.165) is 5.56 Å². The molecule has 3 N–H and O–H groups in total. The molecule has 0 radical (unpaired) electrons. The molecule has 5 nitrogen and oxygen atoms in total. The summed E-state index contributed by atoms with van der Waals surface area (Å²) < 4.78 is 10.6. The van der Waals surface area contributed by atoms with Gasteiger partial charge in [0.1, 0.15) is 6.04 Å². The maximum absolute atomic E-state index is 12.8. The smallest absolute Gasteiger partial charge is 0.278 e. The molecule has 0 unspecified atom stereocenters. The Kier molecular flexibility index (Phi) is 7.46. The van der Waals surface area contributed by atoms with E-state index in [4.69, 9.17) is 9.47 Å². The molecular weight excluding hydrogens is 376 g/mol. The molecule has 0 aliphatic heterocycles. The van der Waals surface area contributed by atoms with E-state index in [2.05, 4.69) is 34.9 Å². The molecule has 0 heterocycles. The minimum absolute atomic E-state index is 0.0124. The van der Waals surface area contributed by atoms with Crippen LogP contribution in [-0.4, -0.2) is 26.2 Å². The number of nitrogens with one attached hydrogen (secondary N) is 1. The van der Waals surface area contributed by atoms with E-state index in [1.165, 1.54) is 11.1 Å². The zero-order valence-electron chi connectivity index (χ0n) is 17.7. The first-order valence-electron chi connectivity index (χ1n) is 10.1. The highest BCUT2D eigenvalue weighted by Crippen LogP contribution is 2.27. The Bertz CT molecular complexity index is 906. The average Bonchev–Trinajstić information content (AvgIpc) is 2.81. The SMILES string of the molecule is COc1ccc(CNC(=O)[C@@H](C)[NH2+]C(c2ccccc2)c2ccccc2)cc1OC. The van der Waals surface area contributed by atoms with E-state index in [1.54, 1.807) is 14.2 Å².